The molecule has 1 aliphatic rings. The van der Waals surface area contributed by atoms with Crippen molar-refractivity contribution in [2.24, 2.45) is 0 Å². The lowest BCUT2D eigenvalue weighted by Gasteiger charge is -2.29. The quantitative estimate of drug-likeness (QED) is 0.419. The van der Waals surface area contributed by atoms with E-state index in [0.29, 0.717) is 38.0 Å². The smallest absolute Gasteiger partial charge is 0.192 e. The standard InChI is InChI=1S/C25H25F2N7S/c1-15(2)34-24(19-12-18(13-20(27)23(19)31-34)33-10-8-29-9-11-33)32(3)25-30-22(21(14-28)35-25)16-4-6-17(26)7-5-16/h4-7,12-13,15,29H,8-11H2,1-3H3. The highest BCUT2D eigenvalue weighted by Crippen LogP contribution is 2.40. The third-order valence-corrected chi connectivity index (χ3v) is 7.16. The van der Waals surface area contributed by atoms with Gasteiger partial charge in [0.25, 0.3) is 0 Å². The maximum Gasteiger partial charge on any atom is 0.192 e. The van der Waals surface area contributed by atoms with Gasteiger partial charge < -0.3 is 15.1 Å². The molecule has 0 atom stereocenters. The topological polar surface area (TPSA) is 73.0 Å². The number of nitrogens with one attached hydrogen (secondary N) is 1. The molecule has 5 rings (SSSR count). The predicted octanol–water partition coefficient (Wildman–Crippen LogP) is 5.07. The van der Waals surface area contributed by atoms with E-state index in [9.17, 15) is 9.65 Å². The number of hydrogen-bond donors (Lipinski definition) is 1. The average molecular weight is 494 g/mol. The minimum atomic E-state index is -0.367. The van der Waals surface area contributed by atoms with Gasteiger partial charge in [-0.25, -0.2) is 18.4 Å². The first-order valence-electron chi connectivity index (χ1n) is 11.5. The maximum atomic E-state index is 15.3. The molecule has 35 heavy (non-hydrogen) atoms. The van der Waals surface area contributed by atoms with Crippen molar-refractivity contribution in [3.8, 4) is 17.3 Å². The van der Waals surface area contributed by atoms with Crippen LogP contribution >= 0.6 is 11.3 Å². The number of aromatic nitrogens is 3. The zero-order valence-corrected chi connectivity index (χ0v) is 20.5. The Morgan fingerprint density at radius 3 is 2.51 bits per heavy atom. The summed E-state index contributed by atoms with van der Waals surface area (Å²) in [6, 6.07) is 11.6. The molecule has 7 nitrogen and oxygen atoms in total. The first-order valence-corrected chi connectivity index (χ1v) is 12.3. The van der Waals surface area contributed by atoms with Crippen molar-refractivity contribution in [2.45, 2.75) is 19.9 Å². The molecule has 1 saturated heterocycles. The summed E-state index contributed by atoms with van der Waals surface area (Å²) < 4.78 is 30.5. The van der Waals surface area contributed by atoms with Gasteiger partial charge in [-0.05, 0) is 50.2 Å². The number of piperazine rings is 1. The van der Waals surface area contributed by atoms with Crippen LogP contribution in [-0.2, 0) is 0 Å². The van der Waals surface area contributed by atoms with E-state index in [2.05, 4.69) is 21.4 Å². The third-order valence-electron chi connectivity index (χ3n) is 6.12. The first kappa shape index (κ1) is 23.2. The predicted molar refractivity (Wildman–Crippen MR) is 135 cm³/mol. The highest BCUT2D eigenvalue weighted by atomic mass is 32.1. The molecule has 1 fully saturated rings. The largest absolute Gasteiger partial charge is 0.369 e. The van der Waals surface area contributed by atoms with Crippen molar-refractivity contribution in [2.75, 3.05) is 43.0 Å². The Hall–Kier alpha value is -3.55. The van der Waals surface area contributed by atoms with E-state index < -0.39 is 0 Å². The van der Waals surface area contributed by atoms with Gasteiger partial charge in [0.2, 0.25) is 0 Å². The molecule has 1 aliphatic heterocycles. The van der Waals surface area contributed by atoms with Crippen molar-refractivity contribution in [3.05, 3.63) is 52.9 Å². The molecule has 0 amide bonds. The number of thiazole rings is 1. The summed E-state index contributed by atoms with van der Waals surface area (Å²) in [5.41, 5.74) is 2.27. The Morgan fingerprint density at radius 2 is 1.86 bits per heavy atom. The van der Waals surface area contributed by atoms with E-state index in [1.54, 1.807) is 22.9 Å². The molecule has 0 aliphatic carbocycles. The normalized spacial score (nSPS) is 14.0. The zero-order valence-electron chi connectivity index (χ0n) is 19.7. The third kappa shape index (κ3) is 4.22. The molecule has 2 aromatic heterocycles. The molecule has 0 spiro atoms. The van der Waals surface area contributed by atoms with Crippen molar-refractivity contribution < 1.29 is 8.78 Å². The van der Waals surface area contributed by atoms with Crippen LogP contribution in [-0.4, -0.2) is 48.0 Å². The molecule has 3 heterocycles. The number of fused-ring (bicyclic) bond motifs is 1. The van der Waals surface area contributed by atoms with E-state index in [-0.39, 0.29) is 17.7 Å². The van der Waals surface area contributed by atoms with Gasteiger partial charge in [-0.15, -0.1) is 0 Å². The summed E-state index contributed by atoms with van der Waals surface area (Å²) in [5, 5.41) is 18.9. The monoisotopic (exact) mass is 493 g/mol. The molecule has 0 radical (unpaired) electrons. The molecule has 0 saturated carbocycles. The number of rotatable bonds is 5. The van der Waals surface area contributed by atoms with Gasteiger partial charge in [0.15, 0.2) is 10.9 Å². The minimum Gasteiger partial charge on any atom is -0.369 e. The molecule has 180 valence electrons. The van der Waals surface area contributed by atoms with Gasteiger partial charge in [-0.1, -0.05) is 11.3 Å². The zero-order chi connectivity index (χ0) is 24.7. The number of halogens is 2. The summed E-state index contributed by atoms with van der Waals surface area (Å²) in [6.45, 7) is 7.27. The van der Waals surface area contributed by atoms with Gasteiger partial charge in [0, 0.05) is 55.9 Å². The molecule has 10 heteroatoms. The minimum absolute atomic E-state index is 0.0335. The number of nitrogens with zero attached hydrogens (tertiary/aromatic N) is 6. The van der Waals surface area contributed by atoms with Crippen LogP contribution in [0.1, 0.15) is 24.8 Å². The lowest BCUT2D eigenvalue weighted by Crippen LogP contribution is -2.43. The lowest BCUT2D eigenvalue weighted by molar-refractivity contribution is 0.535. The van der Waals surface area contributed by atoms with Gasteiger partial charge in [-0.2, -0.15) is 10.4 Å². The number of hydrogen-bond acceptors (Lipinski definition) is 7. The van der Waals surface area contributed by atoms with Crippen LogP contribution < -0.4 is 15.1 Å². The molecule has 0 bridgehead atoms. The number of nitriles is 1. The molecule has 1 N–H and O–H groups in total. The van der Waals surface area contributed by atoms with Gasteiger partial charge in [-0.3, -0.25) is 0 Å². The molecule has 0 unspecified atom stereocenters. The second-order valence-electron chi connectivity index (χ2n) is 8.77. The van der Waals surface area contributed by atoms with Crippen LogP contribution in [0.5, 0.6) is 0 Å². The fourth-order valence-corrected chi connectivity index (χ4v) is 5.21. The highest BCUT2D eigenvalue weighted by molar-refractivity contribution is 7.16. The van der Waals surface area contributed by atoms with Gasteiger partial charge >= 0.3 is 0 Å². The summed E-state index contributed by atoms with van der Waals surface area (Å²) in [5.74, 6) is -0.0156. The summed E-state index contributed by atoms with van der Waals surface area (Å²) >= 11 is 1.24. The molecular formula is C25H25F2N7S. The summed E-state index contributed by atoms with van der Waals surface area (Å²) in [6.07, 6.45) is 0. The average Bonchev–Trinajstić information content (AvgIpc) is 3.47. The molecule has 2 aromatic carbocycles. The van der Waals surface area contributed by atoms with E-state index in [1.165, 1.54) is 23.5 Å². The van der Waals surface area contributed by atoms with Crippen LogP contribution in [0.4, 0.5) is 25.4 Å². The first-order chi connectivity index (χ1) is 16.9. The van der Waals surface area contributed by atoms with Crippen LogP contribution in [0.3, 0.4) is 0 Å². The van der Waals surface area contributed by atoms with Crippen molar-refractivity contribution >= 4 is 38.9 Å². The fourth-order valence-electron chi connectivity index (χ4n) is 4.36. The van der Waals surface area contributed by atoms with Crippen LogP contribution in [0.2, 0.25) is 0 Å². The molecule has 4 aromatic rings. The highest BCUT2D eigenvalue weighted by Gasteiger charge is 2.25. The van der Waals surface area contributed by atoms with Gasteiger partial charge in [0.05, 0.1) is 0 Å². The second kappa shape index (κ2) is 9.24. The Labute approximate surface area is 206 Å². The SMILES string of the molecule is CC(C)n1nc2c(F)cc(N3CCNCC3)cc2c1N(C)c1nc(-c2ccc(F)cc2)c(C#N)s1. The van der Waals surface area contributed by atoms with Crippen LogP contribution in [0.15, 0.2) is 36.4 Å². The van der Waals surface area contributed by atoms with Gasteiger partial charge in [0.1, 0.15) is 33.8 Å². The Bertz CT molecular complexity index is 1410. The van der Waals surface area contributed by atoms with Crippen molar-refractivity contribution in [1.29, 1.82) is 5.26 Å². The van der Waals surface area contributed by atoms with E-state index in [4.69, 9.17) is 4.98 Å². The molecular weight excluding hydrogens is 468 g/mol. The van der Waals surface area contributed by atoms with Crippen molar-refractivity contribution in [3.63, 3.8) is 0 Å². The lowest BCUT2D eigenvalue weighted by atomic mass is 10.1. The van der Waals surface area contributed by atoms with Crippen LogP contribution in [0, 0.1) is 23.0 Å². The Morgan fingerprint density at radius 1 is 1.14 bits per heavy atom. The van der Waals surface area contributed by atoms with Crippen molar-refractivity contribution in [1.82, 2.24) is 20.1 Å². The van der Waals surface area contributed by atoms with E-state index in [0.717, 1.165) is 31.9 Å². The second-order valence-corrected chi connectivity index (χ2v) is 9.75. The Kier molecular flexibility index (Phi) is 6.13. The number of anilines is 3. The summed E-state index contributed by atoms with van der Waals surface area (Å²) in [4.78, 5) is 9.17. The maximum absolute atomic E-state index is 15.3. The van der Waals surface area contributed by atoms with E-state index >= 15 is 4.39 Å². The fraction of sp³-hybridized carbons (Fsp3) is 0.320. The van der Waals surface area contributed by atoms with E-state index in [1.807, 2.05) is 31.9 Å². The summed E-state index contributed by atoms with van der Waals surface area (Å²) in [7, 11) is 1.85. The number of benzene rings is 2. The Balaban J connectivity index is 1.64. The van der Waals surface area contributed by atoms with Crippen LogP contribution in [0.25, 0.3) is 22.2 Å².